The van der Waals surface area contributed by atoms with Crippen LogP contribution in [0.15, 0.2) is 53.0 Å². The molecule has 5 heteroatoms. The van der Waals surface area contributed by atoms with E-state index in [9.17, 15) is 4.79 Å². The Morgan fingerprint density at radius 1 is 1.10 bits per heavy atom. The second kappa shape index (κ2) is 5.50. The Kier molecular flexibility index (Phi) is 3.69. The molecule has 1 fully saturated rings. The fraction of sp³-hybridized carbons (Fsp3) is 0.188. The molecule has 21 heavy (non-hydrogen) atoms. The topological polar surface area (TPSA) is 55.6 Å². The highest BCUT2D eigenvalue weighted by Gasteiger charge is 2.46. The normalized spacial score (nSPS) is 21.1. The number of ether oxygens (including phenoxy) is 1. The van der Waals surface area contributed by atoms with Crippen molar-refractivity contribution in [3.63, 3.8) is 0 Å². The van der Waals surface area contributed by atoms with Gasteiger partial charge in [0.25, 0.3) is 0 Å². The predicted molar refractivity (Wildman–Crippen MR) is 85.3 cm³/mol. The van der Waals surface area contributed by atoms with Crippen molar-refractivity contribution in [1.82, 2.24) is 0 Å². The van der Waals surface area contributed by atoms with Crippen molar-refractivity contribution in [3.8, 4) is 5.75 Å². The van der Waals surface area contributed by atoms with E-state index < -0.39 is 6.04 Å². The van der Waals surface area contributed by atoms with Gasteiger partial charge in [-0.2, -0.15) is 0 Å². The minimum absolute atomic E-state index is 0.0573. The van der Waals surface area contributed by atoms with Crippen molar-refractivity contribution in [2.24, 2.45) is 5.73 Å². The molecule has 1 aliphatic rings. The highest BCUT2D eigenvalue weighted by atomic mass is 79.9. The molecule has 108 valence electrons. The highest BCUT2D eigenvalue weighted by molar-refractivity contribution is 9.10. The highest BCUT2D eigenvalue weighted by Crippen LogP contribution is 2.38. The quantitative estimate of drug-likeness (QED) is 0.869. The molecule has 0 spiro atoms. The molecule has 0 aromatic heterocycles. The lowest BCUT2D eigenvalue weighted by Crippen LogP contribution is -2.63. The molecule has 1 amide bonds. The summed E-state index contributed by atoms with van der Waals surface area (Å²) in [6.07, 6.45) is 0. The molecule has 3 rings (SSSR count). The minimum Gasteiger partial charge on any atom is -0.497 e. The predicted octanol–water partition coefficient (Wildman–Crippen LogP) is 2.87. The lowest BCUT2D eigenvalue weighted by atomic mass is 9.88. The van der Waals surface area contributed by atoms with Crippen LogP contribution in [0.4, 0.5) is 5.69 Å². The zero-order valence-electron chi connectivity index (χ0n) is 11.5. The lowest BCUT2D eigenvalue weighted by molar-refractivity contribution is -0.126. The zero-order chi connectivity index (χ0) is 15.0. The van der Waals surface area contributed by atoms with E-state index in [2.05, 4.69) is 15.9 Å². The summed E-state index contributed by atoms with van der Waals surface area (Å²) in [5.41, 5.74) is 7.85. The van der Waals surface area contributed by atoms with Crippen LogP contribution in [0.1, 0.15) is 11.6 Å². The number of benzene rings is 2. The average Bonchev–Trinajstić information content (AvgIpc) is 2.53. The van der Waals surface area contributed by atoms with Crippen LogP contribution in [0.5, 0.6) is 5.75 Å². The first-order valence-corrected chi connectivity index (χ1v) is 7.39. The van der Waals surface area contributed by atoms with Gasteiger partial charge in [-0.25, -0.2) is 0 Å². The van der Waals surface area contributed by atoms with E-state index in [-0.39, 0.29) is 11.9 Å². The van der Waals surface area contributed by atoms with Crippen LogP contribution in [-0.2, 0) is 4.79 Å². The second-order valence-corrected chi connectivity index (χ2v) is 5.84. The number of amides is 1. The Balaban J connectivity index is 1.92. The Morgan fingerprint density at radius 3 is 2.29 bits per heavy atom. The summed E-state index contributed by atoms with van der Waals surface area (Å²) >= 11 is 3.40. The molecule has 1 saturated heterocycles. The summed E-state index contributed by atoms with van der Waals surface area (Å²) < 4.78 is 6.13. The standard InChI is InChI=1S/C16H15BrN2O2/c1-21-13-8-2-10(3-9-13)15-14(18)16(20)19(15)12-6-4-11(17)5-7-12/h2-9,14-15H,18H2,1H3/t14-,15-/m1/s1. The van der Waals surface area contributed by atoms with Crippen LogP contribution in [0.2, 0.25) is 0 Å². The van der Waals surface area contributed by atoms with Crippen molar-refractivity contribution in [2.45, 2.75) is 12.1 Å². The Labute approximate surface area is 131 Å². The molecule has 0 unspecified atom stereocenters. The zero-order valence-corrected chi connectivity index (χ0v) is 13.1. The molecule has 2 atom stereocenters. The first-order chi connectivity index (χ1) is 10.1. The monoisotopic (exact) mass is 346 g/mol. The molecule has 4 nitrogen and oxygen atoms in total. The van der Waals surface area contributed by atoms with E-state index >= 15 is 0 Å². The fourth-order valence-electron chi connectivity index (χ4n) is 2.56. The van der Waals surface area contributed by atoms with Gasteiger partial charge in [0.1, 0.15) is 11.8 Å². The second-order valence-electron chi connectivity index (χ2n) is 4.93. The van der Waals surface area contributed by atoms with Crippen molar-refractivity contribution in [3.05, 3.63) is 58.6 Å². The van der Waals surface area contributed by atoms with E-state index in [0.717, 1.165) is 21.5 Å². The average molecular weight is 347 g/mol. The smallest absolute Gasteiger partial charge is 0.247 e. The summed E-state index contributed by atoms with van der Waals surface area (Å²) in [7, 11) is 1.63. The number of methoxy groups -OCH3 is 1. The molecule has 0 aliphatic carbocycles. The molecule has 0 radical (unpaired) electrons. The van der Waals surface area contributed by atoms with E-state index in [1.807, 2.05) is 48.5 Å². The number of nitrogens with two attached hydrogens (primary N) is 1. The van der Waals surface area contributed by atoms with Gasteiger partial charge in [-0.3, -0.25) is 4.79 Å². The summed E-state index contributed by atoms with van der Waals surface area (Å²) in [5, 5.41) is 0. The van der Waals surface area contributed by atoms with Crippen LogP contribution < -0.4 is 15.4 Å². The number of hydrogen-bond acceptors (Lipinski definition) is 3. The maximum atomic E-state index is 12.1. The third kappa shape index (κ3) is 2.43. The first kappa shape index (κ1) is 14.1. The van der Waals surface area contributed by atoms with Gasteiger partial charge in [0.15, 0.2) is 0 Å². The van der Waals surface area contributed by atoms with Gasteiger partial charge in [0.05, 0.1) is 13.2 Å². The molecule has 1 heterocycles. The molecular weight excluding hydrogens is 332 g/mol. The third-order valence-corrected chi connectivity index (χ3v) is 4.23. The summed E-state index contributed by atoms with van der Waals surface area (Å²) in [5.74, 6) is 0.728. The number of rotatable bonds is 3. The summed E-state index contributed by atoms with van der Waals surface area (Å²) in [4.78, 5) is 13.9. The van der Waals surface area contributed by atoms with E-state index in [1.54, 1.807) is 12.0 Å². The number of β-lactam (4-membered cyclic amide) rings is 1. The Morgan fingerprint density at radius 2 is 1.71 bits per heavy atom. The van der Waals surface area contributed by atoms with Crippen LogP contribution in [-0.4, -0.2) is 19.1 Å². The number of anilines is 1. The van der Waals surface area contributed by atoms with Gasteiger partial charge < -0.3 is 15.4 Å². The maximum absolute atomic E-state index is 12.1. The van der Waals surface area contributed by atoms with Crippen LogP contribution in [0, 0.1) is 0 Å². The van der Waals surface area contributed by atoms with Gasteiger partial charge in [-0.1, -0.05) is 28.1 Å². The molecule has 2 aromatic carbocycles. The van der Waals surface area contributed by atoms with Crippen LogP contribution >= 0.6 is 15.9 Å². The Bertz CT molecular complexity index is 655. The van der Waals surface area contributed by atoms with Crippen LogP contribution in [0.25, 0.3) is 0 Å². The molecule has 0 bridgehead atoms. The summed E-state index contributed by atoms with van der Waals surface area (Å²) in [6.45, 7) is 0. The molecular formula is C16H15BrN2O2. The Hall–Kier alpha value is -1.85. The van der Waals surface area contributed by atoms with Crippen molar-refractivity contribution >= 4 is 27.5 Å². The van der Waals surface area contributed by atoms with Crippen molar-refractivity contribution < 1.29 is 9.53 Å². The minimum atomic E-state index is -0.498. The van der Waals surface area contributed by atoms with Gasteiger partial charge in [-0.15, -0.1) is 0 Å². The third-order valence-electron chi connectivity index (χ3n) is 3.70. The van der Waals surface area contributed by atoms with E-state index in [0.29, 0.717) is 0 Å². The largest absolute Gasteiger partial charge is 0.497 e. The molecule has 0 saturated carbocycles. The van der Waals surface area contributed by atoms with E-state index in [1.165, 1.54) is 0 Å². The van der Waals surface area contributed by atoms with Crippen molar-refractivity contribution in [2.75, 3.05) is 12.0 Å². The lowest BCUT2D eigenvalue weighted by Gasteiger charge is -2.45. The number of carbonyl (C=O) groups is 1. The first-order valence-electron chi connectivity index (χ1n) is 6.60. The van der Waals surface area contributed by atoms with Gasteiger partial charge in [-0.05, 0) is 42.0 Å². The molecule has 2 aromatic rings. The number of halogens is 1. The number of hydrogen-bond donors (Lipinski definition) is 1. The molecule has 1 aliphatic heterocycles. The van der Waals surface area contributed by atoms with Gasteiger partial charge in [0.2, 0.25) is 5.91 Å². The summed E-state index contributed by atoms with van der Waals surface area (Å²) in [6, 6.07) is 14.7. The van der Waals surface area contributed by atoms with Gasteiger partial charge in [0, 0.05) is 10.2 Å². The van der Waals surface area contributed by atoms with Crippen LogP contribution in [0.3, 0.4) is 0 Å². The number of carbonyl (C=O) groups excluding carboxylic acids is 1. The maximum Gasteiger partial charge on any atom is 0.247 e. The molecule has 2 N–H and O–H groups in total. The number of nitrogens with zero attached hydrogens (tertiary/aromatic N) is 1. The SMILES string of the molecule is COc1ccc([C@@H]2[C@@H](N)C(=O)N2c2ccc(Br)cc2)cc1. The van der Waals surface area contributed by atoms with E-state index in [4.69, 9.17) is 10.5 Å². The fourth-order valence-corrected chi connectivity index (χ4v) is 2.82. The van der Waals surface area contributed by atoms with Crippen molar-refractivity contribution in [1.29, 1.82) is 0 Å². The van der Waals surface area contributed by atoms with Gasteiger partial charge >= 0.3 is 0 Å².